The van der Waals surface area contributed by atoms with Gasteiger partial charge in [-0.15, -0.1) is 0 Å². The van der Waals surface area contributed by atoms with Crippen LogP contribution in [0.25, 0.3) is 0 Å². The van der Waals surface area contributed by atoms with Crippen LogP contribution in [0.1, 0.15) is 49.9 Å². The monoisotopic (exact) mass is 494 g/mol. The first-order valence-corrected chi connectivity index (χ1v) is 13.1. The minimum Gasteiger partial charge on any atom is -0.462 e. The van der Waals surface area contributed by atoms with E-state index in [4.69, 9.17) is 4.74 Å². The second kappa shape index (κ2) is 10.7. The van der Waals surface area contributed by atoms with E-state index in [1.165, 1.54) is 10.6 Å². The van der Waals surface area contributed by atoms with Gasteiger partial charge in [0, 0.05) is 11.3 Å². The molecule has 0 aliphatic carbocycles. The highest BCUT2D eigenvalue weighted by molar-refractivity contribution is 7.92. The van der Waals surface area contributed by atoms with E-state index in [0.717, 1.165) is 16.7 Å². The zero-order chi connectivity index (χ0) is 25.8. The molecule has 0 aliphatic rings. The largest absolute Gasteiger partial charge is 0.462 e. The molecule has 0 aromatic heterocycles. The molecule has 0 atom stereocenters. The lowest BCUT2D eigenvalue weighted by Gasteiger charge is -2.25. The molecule has 0 saturated carbocycles. The van der Waals surface area contributed by atoms with Gasteiger partial charge in [0.1, 0.15) is 0 Å². The Morgan fingerprint density at radius 1 is 0.971 bits per heavy atom. The average molecular weight is 495 g/mol. The quantitative estimate of drug-likeness (QED) is 0.445. The van der Waals surface area contributed by atoms with Crippen molar-refractivity contribution in [2.75, 3.05) is 22.5 Å². The van der Waals surface area contributed by atoms with Gasteiger partial charge in [-0.3, -0.25) is 9.10 Å². The summed E-state index contributed by atoms with van der Waals surface area (Å²) in [4.78, 5) is 25.0. The highest BCUT2D eigenvalue weighted by Gasteiger charge is 2.20. The Labute approximate surface area is 206 Å². The lowest BCUT2D eigenvalue weighted by molar-refractivity contribution is 0.0525. The van der Waals surface area contributed by atoms with Gasteiger partial charge < -0.3 is 10.1 Å². The first-order valence-electron chi connectivity index (χ1n) is 11.2. The summed E-state index contributed by atoms with van der Waals surface area (Å²) in [6, 6.07) is 17.5. The number of esters is 1. The van der Waals surface area contributed by atoms with E-state index in [1.54, 1.807) is 56.3 Å². The van der Waals surface area contributed by atoms with Crippen LogP contribution in [0.2, 0.25) is 0 Å². The molecule has 0 bridgehead atoms. The molecule has 3 aromatic rings. The molecule has 3 rings (SSSR count). The lowest BCUT2D eigenvalue weighted by Crippen LogP contribution is -2.30. The summed E-state index contributed by atoms with van der Waals surface area (Å²) in [5.41, 5.74) is 5.14. The lowest BCUT2D eigenvalue weighted by atomic mass is 10.1. The molecule has 1 N–H and O–H groups in total. The summed E-state index contributed by atoms with van der Waals surface area (Å²) in [5.74, 6) is -0.778. The van der Waals surface area contributed by atoms with E-state index in [-0.39, 0.29) is 19.1 Å². The zero-order valence-corrected chi connectivity index (χ0v) is 21.4. The number of sulfonamides is 1. The van der Waals surface area contributed by atoms with E-state index >= 15 is 0 Å². The molecule has 0 fully saturated rings. The van der Waals surface area contributed by atoms with E-state index in [9.17, 15) is 18.0 Å². The van der Waals surface area contributed by atoms with Crippen molar-refractivity contribution in [1.29, 1.82) is 0 Å². The van der Waals surface area contributed by atoms with Gasteiger partial charge in [0.25, 0.3) is 5.91 Å². The summed E-state index contributed by atoms with van der Waals surface area (Å²) in [7, 11) is -3.53. The van der Waals surface area contributed by atoms with E-state index < -0.39 is 16.0 Å². The second-order valence-corrected chi connectivity index (χ2v) is 10.3. The number of anilines is 2. The number of hydrogen-bond donors (Lipinski definition) is 1. The predicted octanol–water partition coefficient (Wildman–Crippen LogP) is 5.01. The third-order valence-electron chi connectivity index (χ3n) is 5.65. The fraction of sp³-hybridized carbons (Fsp3) is 0.259. The number of hydrogen-bond acceptors (Lipinski definition) is 5. The van der Waals surface area contributed by atoms with Gasteiger partial charge in [0.15, 0.2) is 0 Å². The Morgan fingerprint density at radius 2 is 1.66 bits per heavy atom. The maximum atomic E-state index is 12.8. The molecule has 0 aliphatic heterocycles. The second-order valence-electron chi connectivity index (χ2n) is 8.41. The van der Waals surface area contributed by atoms with Crippen LogP contribution in [0, 0.1) is 20.8 Å². The summed E-state index contributed by atoms with van der Waals surface area (Å²) >= 11 is 0. The molecule has 1 amide bonds. The number of aryl methyl sites for hydroxylation is 2. The van der Waals surface area contributed by atoms with Crippen molar-refractivity contribution >= 4 is 33.3 Å². The maximum absolute atomic E-state index is 12.8. The highest BCUT2D eigenvalue weighted by Crippen LogP contribution is 2.26. The van der Waals surface area contributed by atoms with Crippen LogP contribution in [0.5, 0.6) is 0 Å². The molecule has 8 heteroatoms. The zero-order valence-electron chi connectivity index (χ0n) is 20.6. The van der Waals surface area contributed by atoms with E-state index in [2.05, 4.69) is 5.32 Å². The molecule has 0 saturated heterocycles. The molecule has 7 nitrogen and oxygen atoms in total. The van der Waals surface area contributed by atoms with Crippen LogP contribution in [-0.4, -0.2) is 33.2 Å². The minimum atomic E-state index is -3.53. The van der Waals surface area contributed by atoms with Crippen molar-refractivity contribution in [3.05, 3.63) is 94.0 Å². The van der Waals surface area contributed by atoms with Crippen molar-refractivity contribution in [1.82, 2.24) is 0 Å². The number of carbonyl (C=O) groups excluding carboxylic acids is 2. The smallest absolute Gasteiger partial charge is 0.338 e. The fourth-order valence-electron chi connectivity index (χ4n) is 3.69. The van der Waals surface area contributed by atoms with Gasteiger partial charge in [0.2, 0.25) is 10.0 Å². The van der Waals surface area contributed by atoms with Crippen LogP contribution in [0.3, 0.4) is 0 Å². The van der Waals surface area contributed by atoms with Gasteiger partial charge in [-0.2, -0.15) is 0 Å². The molecular formula is C27H30N2O5S. The summed E-state index contributed by atoms with van der Waals surface area (Å²) in [6.07, 6.45) is 1.18. The number of nitrogens with zero attached hydrogens (tertiary/aromatic N) is 1. The van der Waals surface area contributed by atoms with Crippen LogP contribution in [0.4, 0.5) is 11.4 Å². The van der Waals surface area contributed by atoms with Crippen LogP contribution >= 0.6 is 0 Å². The number of nitrogens with one attached hydrogen (secondary N) is 1. The molecule has 0 heterocycles. The first-order chi connectivity index (χ1) is 16.5. The SMILES string of the molecule is CCOC(=O)c1cccc(NC(=O)c2ccc(CN(c3cc(C)ccc3C)S(C)(=O)=O)cc2)c1C. The van der Waals surface area contributed by atoms with Crippen molar-refractivity contribution in [2.45, 2.75) is 34.2 Å². The Hall–Kier alpha value is -3.65. The van der Waals surface area contributed by atoms with Gasteiger partial charge in [-0.1, -0.05) is 30.3 Å². The van der Waals surface area contributed by atoms with Crippen LogP contribution in [-0.2, 0) is 21.3 Å². The average Bonchev–Trinajstić information content (AvgIpc) is 2.80. The predicted molar refractivity (Wildman–Crippen MR) is 138 cm³/mol. The normalized spacial score (nSPS) is 11.1. The number of rotatable bonds is 8. The Morgan fingerprint density at radius 3 is 2.29 bits per heavy atom. The number of benzene rings is 3. The van der Waals surface area contributed by atoms with E-state index in [0.29, 0.717) is 28.1 Å². The highest BCUT2D eigenvalue weighted by atomic mass is 32.2. The number of ether oxygens (including phenoxy) is 1. The molecule has 35 heavy (non-hydrogen) atoms. The molecular weight excluding hydrogens is 464 g/mol. The molecule has 0 radical (unpaired) electrons. The summed E-state index contributed by atoms with van der Waals surface area (Å²) < 4.78 is 31.5. The maximum Gasteiger partial charge on any atom is 0.338 e. The first kappa shape index (κ1) is 26.0. The third-order valence-corrected chi connectivity index (χ3v) is 6.78. The fourth-order valence-corrected chi connectivity index (χ4v) is 4.63. The summed E-state index contributed by atoms with van der Waals surface area (Å²) in [5, 5.41) is 2.83. The van der Waals surface area contributed by atoms with Gasteiger partial charge in [-0.05, 0) is 80.3 Å². The van der Waals surface area contributed by atoms with Gasteiger partial charge in [0.05, 0.1) is 30.7 Å². The minimum absolute atomic E-state index is 0.145. The van der Waals surface area contributed by atoms with Crippen molar-refractivity contribution in [3.8, 4) is 0 Å². The molecule has 0 unspecified atom stereocenters. The van der Waals surface area contributed by atoms with Crippen LogP contribution in [0.15, 0.2) is 60.7 Å². The third kappa shape index (κ3) is 6.27. The Bertz CT molecular complexity index is 1350. The van der Waals surface area contributed by atoms with Crippen molar-refractivity contribution < 1.29 is 22.7 Å². The Balaban J connectivity index is 1.80. The Kier molecular flexibility index (Phi) is 7.96. The van der Waals surface area contributed by atoms with Crippen molar-refractivity contribution in [3.63, 3.8) is 0 Å². The number of carbonyl (C=O) groups is 2. The van der Waals surface area contributed by atoms with Crippen molar-refractivity contribution in [2.24, 2.45) is 0 Å². The summed E-state index contributed by atoms with van der Waals surface area (Å²) in [6.45, 7) is 7.69. The van der Waals surface area contributed by atoms with Crippen LogP contribution < -0.4 is 9.62 Å². The van der Waals surface area contributed by atoms with Gasteiger partial charge in [-0.25, -0.2) is 13.2 Å². The molecule has 0 spiro atoms. The molecule has 184 valence electrons. The van der Waals surface area contributed by atoms with E-state index in [1.807, 2.05) is 32.0 Å². The standard InChI is InChI=1S/C27H30N2O5S/c1-6-34-27(31)23-8-7-9-24(20(23)4)28-26(30)22-14-12-21(13-15-22)17-29(35(5,32)33)25-16-18(2)10-11-19(25)3/h7-16H,6,17H2,1-5H3,(H,28,30). The van der Waals surface area contributed by atoms with Gasteiger partial charge >= 0.3 is 5.97 Å². The topological polar surface area (TPSA) is 92.8 Å². The number of amides is 1. The molecule has 3 aromatic carbocycles.